The van der Waals surface area contributed by atoms with E-state index in [-0.39, 0.29) is 25.6 Å². The van der Waals surface area contributed by atoms with E-state index in [0.717, 1.165) is 0 Å². The third-order valence-electron chi connectivity index (χ3n) is 3.32. The highest BCUT2D eigenvalue weighted by Crippen LogP contribution is 2.15. The number of amides is 2. The summed E-state index contributed by atoms with van der Waals surface area (Å²) < 4.78 is 15.3. The topological polar surface area (TPSA) is 93.9 Å². The first-order valence-electron chi connectivity index (χ1n) is 7.86. The molecule has 0 aliphatic carbocycles. The van der Waals surface area contributed by atoms with E-state index < -0.39 is 5.91 Å². The monoisotopic (exact) mass is 381 g/mol. The summed E-state index contributed by atoms with van der Waals surface area (Å²) in [6.07, 6.45) is 0. The van der Waals surface area contributed by atoms with Gasteiger partial charge in [-0.25, -0.2) is 0 Å². The smallest absolute Gasteiger partial charge is 0.261 e. The summed E-state index contributed by atoms with van der Waals surface area (Å²) in [5, 5.41) is 6.83. The van der Waals surface area contributed by atoms with E-state index in [1.165, 1.54) is 12.0 Å². The molecule has 1 aromatic heterocycles. The van der Waals surface area contributed by atoms with Gasteiger partial charge >= 0.3 is 0 Å². The first-order chi connectivity index (χ1) is 12.5. The van der Waals surface area contributed by atoms with Gasteiger partial charge in [-0.3, -0.25) is 9.59 Å². The molecule has 9 heteroatoms. The van der Waals surface area contributed by atoms with E-state index in [0.29, 0.717) is 29.0 Å². The second kappa shape index (κ2) is 9.79. The lowest BCUT2D eigenvalue weighted by atomic mass is 10.3. The van der Waals surface area contributed by atoms with Gasteiger partial charge in [0.25, 0.3) is 5.91 Å². The van der Waals surface area contributed by atoms with Gasteiger partial charge < -0.3 is 24.2 Å². The number of benzene rings is 1. The van der Waals surface area contributed by atoms with Crippen molar-refractivity contribution in [1.29, 1.82) is 0 Å². The third-order valence-corrected chi connectivity index (χ3v) is 3.58. The van der Waals surface area contributed by atoms with Crippen molar-refractivity contribution in [3.8, 4) is 5.75 Å². The van der Waals surface area contributed by atoms with Crippen LogP contribution >= 0.6 is 11.6 Å². The first kappa shape index (κ1) is 19.7. The molecule has 140 valence electrons. The average molecular weight is 382 g/mol. The summed E-state index contributed by atoms with van der Waals surface area (Å²) in [4.78, 5) is 25.9. The van der Waals surface area contributed by atoms with Crippen LogP contribution in [0.1, 0.15) is 5.76 Å². The standard InChI is InChI=1S/C17H20ClN3O5/c1-12-9-15(20-26-12)19-16(22)10-21(7-8-24-2)17(23)11-25-14-5-3-13(18)4-6-14/h3-6,9H,7-8,10-11H2,1-2H3,(H,19,20,22). The zero-order valence-corrected chi connectivity index (χ0v) is 15.3. The van der Waals surface area contributed by atoms with Gasteiger partial charge in [0.1, 0.15) is 18.1 Å². The Labute approximate surface area is 156 Å². The number of aryl methyl sites for hydroxylation is 1. The molecule has 0 spiro atoms. The van der Waals surface area contributed by atoms with Crippen molar-refractivity contribution in [2.24, 2.45) is 0 Å². The van der Waals surface area contributed by atoms with Crippen molar-refractivity contribution in [3.63, 3.8) is 0 Å². The molecule has 0 atom stereocenters. The van der Waals surface area contributed by atoms with E-state index in [4.69, 9.17) is 25.6 Å². The molecule has 0 fully saturated rings. The number of hydrogen-bond acceptors (Lipinski definition) is 6. The SMILES string of the molecule is COCCN(CC(=O)Nc1cc(C)on1)C(=O)COc1ccc(Cl)cc1. The molecule has 8 nitrogen and oxygen atoms in total. The van der Waals surface area contributed by atoms with Crippen molar-refractivity contribution in [2.45, 2.75) is 6.92 Å². The zero-order chi connectivity index (χ0) is 18.9. The quantitative estimate of drug-likeness (QED) is 0.715. The number of anilines is 1. The lowest BCUT2D eigenvalue weighted by Crippen LogP contribution is -2.42. The second-order valence-electron chi connectivity index (χ2n) is 5.42. The number of ether oxygens (including phenoxy) is 2. The molecule has 0 unspecified atom stereocenters. The maximum atomic E-state index is 12.4. The summed E-state index contributed by atoms with van der Waals surface area (Å²) in [5.41, 5.74) is 0. The molecule has 0 aliphatic heterocycles. The number of carbonyl (C=O) groups excluding carboxylic acids is 2. The van der Waals surface area contributed by atoms with Crippen LogP contribution in [0, 0.1) is 6.92 Å². The van der Waals surface area contributed by atoms with E-state index in [2.05, 4.69) is 10.5 Å². The summed E-state index contributed by atoms with van der Waals surface area (Å²) in [5.74, 6) is 0.641. The minimum atomic E-state index is -0.394. The molecule has 0 bridgehead atoms. The number of hydrogen-bond donors (Lipinski definition) is 1. The molecule has 0 saturated heterocycles. The fourth-order valence-electron chi connectivity index (χ4n) is 2.04. The van der Waals surface area contributed by atoms with E-state index in [9.17, 15) is 9.59 Å². The highest BCUT2D eigenvalue weighted by molar-refractivity contribution is 6.30. The van der Waals surface area contributed by atoms with Gasteiger partial charge in [0.05, 0.1) is 6.61 Å². The molecule has 2 amide bonds. The molecular weight excluding hydrogens is 362 g/mol. The van der Waals surface area contributed by atoms with Crippen molar-refractivity contribution in [2.75, 3.05) is 38.7 Å². The Kier molecular flexibility index (Phi) is 7.43. The third kappa shape index (κ3) is 6.38. The summed E-state index contributed by atoms with van der Waals surface area (Å²) >= 11 is 5.81. The highest BCUT2D eigenvalue weighted by atomic mass is 35.5. The predicted octanol–water partition coefficient (Wildman–Crippen LogP) is 2.13. The van der Waals surface area contributed by atoms with Crippen LogP contribution < -0.4 is 10.1 Å². The van der Waals surface area contributed by atoms with Crippen LogP contribution in [-0.4, -0.2) is 55.3 Å². The molecule has 1 N–H and O–H groups in total. The van der Waals surface area contributed by atoms with E-state index >= 15 is 0 Å². The van der Waals surface area contributed by atoms with Crippen LogP contribution in [0.25, 0.3) is 0 Å². The minimum Gasteiger partial charge on any atom is -0.484 e. The fourth-order valence-corrected chi connectivity index (χ4v) is 2.17. The molecule has 1 aromatic carbocycles. The number of nitrogens with zero attached hydrogens (tertiary/aromatic N) is 2. The Bertz CT molecular complexity index is 732. The molecular formula is C17H20ClN3O5. The molecule has 1 heterocycles. The first-order valence-corrected chi connectivity index (χ1v) is 8.24. The summed E-state index contributed by atoms with van der Waals surface area (Å²) in [6.45, 7) is 1.90. The number of carbonyl (C=O) groups is 2. The Balaban J connectivity index is 1.90. The Morgan fingerprint density at radius 2 is 2.04 bits per heavy atom. The molecule has 0 radical (unpaired) electrons. The van der Waals surface area contributed by atoms with Crippen molar-refractivity contribution in [3.05, 3.63) is 41.1 Å². The van der Waals surface area contributed by atoms with Gasteiger partial charge in [-0.1, -0.05) is 16.8 Å². The fraction of sp³-hybridized carbons (Fsp3) is 0.353. The predicted molar refractivity (Wildman–Crippen MR) is 95.3 cm³/mol. The van der Waals surface area contributed by atoms with Crippen LogP contribution in [0.5, 0.6) is 5.75 Å². The molecule has 2 aromatic rings. The number of nitrogens with one attached hydrogen (secondary N) is 1. The highest BCUT2D eigenvalue weighted by Gasteiger charge is 2.18. The minimum absolute atomic E-state index is 0.155. The van der Waals surface area contributed by atoms with Gasteiger partial charge in [-0.2, -0.15) is 0 Å². The van der Waals surface area contributed by atoms with E-state index in [1.54, 1.807) is 37.3 Å². The van der Waals surface area contributed by atoms with Gasteiger partial charge in [0.15, 0.2) is 12.4 Å². The molecule has 0 saturated carbocycles. The Hall–Kier alpha value is -2.58. The molecule has 26 heavy (non-hydrogen) atoms. The largest absolute Gasteiger partial charge is 0.484 e. The van der Waals surface area contributed by atoms with Gasteiger partial charge in [-0.15, -0.1) is 0 Å². The lowest BCUT2D eigenvalue weighted by molar-refractivity contribution is -0.137. The van der Waals surface area contributed by atoms with E-state index in [1.807, 2.05) is 0 Å². The lowest BCUT2D eigenvalue weighted by Gasteiger charge is -2.21. The average Bonchev–Trinajstić information content (AvgIpc) is 3.02. The maximum absolute atomic E-state index is 12.4. The van der Waals surface area contributed by atoms with Crippen LogP contribution in [0.2, 0.25) is 5.02 Å². The number of rotatable bonds is 9. The van der Waals surface area contributed by atoms with Crippen molar-refractivity contribution < 1.29 is 23.6 Å². The second-order valence-corrected chi connectivity index (χ2v) is 5.86. The summed E-state index contributed by atoms with van der Waals surface area (Å²) in [7, 11) is 1.52. The van der Waals surface area contributed by atoms with Gasteiger partial charge in [0, 0.05) is 24.7 Å². The summed E-state index contributed by atoms with van der Waals surface area (Å²) in [6, 6.07) is 8.24. The van der Waals surface area contributed by atoms with Gasteiger partial charge in [0.2, 0.25) is 5.91 Å². The number of methoxy groups -OCH3 is 1. The molecule has 0 aliphatic rings. The Morgan fingerprint density at radius 3 is 2.65 bits per heavy atom. The maximum Gasteiger partial charge on any atom is 0.261 e. The zero-order valence-electron chi connectivity index (χ0n) is 14.5. The van der Waals surface area contributed by atoms with Crippen molar-refractivity contribution >= 4 is 29.2 Å². The molecule has 2 rings (SSSR count). The van der Waals surface area contributed by atoms with Crippen LogP contribution in [0.3, 0.4) is 0 Å². The Morgan fingerprint density at radius 1 is 1.31 bits per heavy atom. The van der Waals surface area contributed by atoms with Crippen molar-refractivity contribution in [1.82, 2.24) is 10.1 Å². The van der Waals surface area contributed by atoms with Crippen LogP contribution in [-0.2, 0) is 14.3 Å². The van der Waals surface area contributed by atoms with Gasteiger partial charge in [-0.05, 0) is 31.2 Å². The van der Waals surface area contributed by atoms with Crippen LogP contribution in [0.4, 0.5) is 5.82 Å². The number of halogens is 1. The van der Waals surface area contributed by atoms with Crippen LogP contribution in [0.15, 0.2) is 34.9 Å². The number of aromatic nitrogens is 1. The normalized spacial score (nSPS) is 10.4.